The maximum Gasteiger partial charge on any atom is 0.114 e. The Bertz CT molecular complexity index is 189. The van der Waals surface area contributed by atoms with E-state index >= 15 is 0 Å². The zero-order chi connectivity index (χ0) is 8.53. The number of hydrogen-bond donors (Lipinski definition) is 0. The fourth-order valence-corrected chi connectivity index (χ4v) is 0.313. The van der Waals surface area contributed by atoms with Gasteiger partial charge < -0.3 is 0 Å². The molecular weight excluding hydrogens is 212 g/mol. The van der Waals surface area contributed by atoms with Crippen molar-refractivity contribution in [2.24, 2.45) is 4.36 Å². The highest BCUT2D eigenvalue weighted by Crippen LogP contribution is 1.73. The first kappa shape index (κ1) is 14.1. The number of hydrogen-bond acceptors (Lipinski definition) is 3. The van der Waals surface area contributed by atoms with Gasteiger partial charge in [-0.3, -0.25) is 4.98 Å². The smallest absolute Gasteiger partial charge is 0.114 e. The van der Waals surface area contributed by atoms with Crippen LogP contribution >= 0.6 is 24.6 Å². The molecule has 5 heteroatoms. The van der Waals surface area contributed by atoms with Crippen LogP contribution in [0.25, 0.3) is 0 Å². The van der Waals surface area contributed by atoms with Crippen LogP contribution in [-0.4, -0.2) is 9.97 Å². The highest BCUT2D eigenvalue weighted by Gasteiger charge is 1.66. The molecule has 0 aliphatic carbocycles. The normalized spacial score (nSPS) is 6.75. The minimum absolute atomic E-state index is 0. The number of aromatic nitrogens is 1. The van der Waals surface area contributed by atoms with Crippen molar-refractivity contribution in [2.75, 3.05) is 0 Å². The molecule has 0 saturated carbocycles. The molecule has 0 amide bonds. The van der Waals surface area contributed by atoms with Crippen LogP contribution in [0.3, 0.4) is 0 Å². The minimum Gasteiger partial charge on any atom is -0.265 e. The van der Waals surface area contributed by atoms with Gasteiger partial charge in [-0.2, -0.15) is 4.36 Å². The largest absolute Gasteiger partial charge is 0.265 e. The van der Waals surface area contributed by atoms with Gasteiger partial charge in [-0.15, -0.1) is 12.4 Å². The Hall–Kier alpha value is -0.450. The third-order valence-electron chi connectivity index (χ3n) is 0.695. The molecule has 0 unspecified atom stereocenters. The molecule has 0 N–H and O–H groups in total. The molecule has 1 aromatic heterocycles. The molecule has 0 fully saturated rings. The predicted octanol–water partition coefficient (Wildman–Crippen LogP) is 2.57. The van der Waals surface area contributed by atoms with Crippen LogP contribution in [0.2, 0.25) is 0 Å². The van der Waals surface area contributed by atoms with Crippen LogP contribution in [0, 0.1) is 0 Å². The first-order valence-corrected chi connectivity index (χ1v) is 3.73. The number of nitrogens with zero attached hydrogens (tertiary/aromatic N) is 2. The second kappa shape index (κ2) is 10.6. The molecule has 0 radical (unpaired) electrons. The summed E-state index contributed by atoms with van der Waals surface area (Å²) in [5, 5.41) is 0. The lowest BCUT2D eigenvalue weighted by atomic mass is 10.5. The van der Waals surface area contributed by atoms with Crippen molar-refractivity contribution in [3.05, 3.63) is 30.6 Å². The van der Waals surface area contributed by atoms with Crippen molar-refractivity contribution < 1.29 is 0 Å². The van der Waals surface area contributed by atoms with Gasteiger partial charge in [-0.25, -0.2) is 0 Å². The van der Waals surface area contributed by atoms with Crippen LogP contribution in [0.1, 0.15) is 6.92 Å². The van der Waals surface area contributed by atoms with Crippen molar-refractivity contribution in [2.45, 2.75) is 6.92 Å². The number of rotatable bonds is 0. The summed E-state index contributed by atoms with van der Waals surface area (Å²) >= 11 is 8.59. The average molecular weight is 221 g/mol. The van der Waals surface area contributed by atoms with E-state index in [2.05, 4.69) is 34.0 Å². The molecule has 1 aromatic rings. The lowest BCUT2D eigenvalue weighted by Gasteiger charge is -1.70. The summed E-state index contributed by atoms with van der Waals surface area (Å²) < 4.78 is 3.20. The number of halogens is 1. The average Bonchev–Trinajstić information content (AvgIpc) is 2.09. The Morgan fingerprint density at radius 1 is 1.25 bits per heavy atom. The summed E-state index contributed by atoms with van der Waals surface area (Å²) in [6.45, 7) is 1.68. The van der Waals surface area contributed by atoms with E-state index in [4.69, 9.17) is 0 Å². The first-order valence-electron chi connectivity index (χ1n) is 2.96. The molecular formula is C7H9ClN2S2. The molecule has 1 rings (SSSR count). The summed E-state index contributed by atoms with van der Waals surface area (Å²) in [5.74, 6) is 0. The second-order valence-electron chi connectivity index (χ2n) is 1.63. The molecule has 2 nitrogen and oxygen atoms in total. The molecule has 0 aliphatic rings. The van der Waals surface area contributed by atoms with E-state index in [9.17, 15) is 0 Å². The van der Waals surface area contributed by atoms with Gasteiger partial charge in [0, 0.05) is 24.8 Å². The molecule has 66 valence electrons. The van der Waals surface area contributed by atoms with E-state index in [0.29, 0.717) is 4.99 Å². The van der Waals surface area contributed by atoms with Crippen molar-refractivity contribution in [3.63, 3.8) is 0 Å². The quantitative estimate of drug-likeness (QED) is 0.629. The fourth-order valence-electron chi connectivity index (χ4n) is 0.313. The third kappa shape index (κ3) is 12.2. The number of pyridine rings is 1. The second-order valence-corrected chi connectivity index (χ2v) is 2.41. The zero-order valence-corrected chi connectivity index (χ0v) is 8.96. The van der Waals surface area contributed by atoms with E-state index < -0.39 is 0 Å². The molecule has 0 atom stereocenters. The topological polar surface area (TPSA) is 25.2 Å². The zero-order valence-electron chi connectivity index (χ0n) is 6.51. The monoisotopic (exact) mass is 220 g/mol. The van der Waals surface area contributed by atoms with Crippen molar-refractivity contribution in [1.29, 1.82) is 0 Å². The van der Waals surface area contributed by atoms with E-state index in [1.165, 1.54) is 0 Å². The summed E-state index contributed by atoms with van der Waals surface area (Å²) in [4.78, 5) is 4.31. The van der Waals surface area contributed by atoms with E-state index in [-0.39, 0.29) is 12.4 Å². The predicted molar refractivity (Wildman–Crippen MR) is 59.6 cm³/mol. The van der Waals surface area contributed by atoms with Gasteiger partial charge in [-0.1, -0.05) is 18.3 Å². The molecule has 1 heterocycles. The minimum atomic E-state index is 0. The van der Waals surface area contributed by atoms with Gasteiger partial charge in [0.25, 0.3) is 0 Å². The van der Waals surface area contributed by atoms with Crippen LogP contribution in [-0.2, 0) is 12.4 Å². The van der Waals surface area contributed by atoms with Gasteiger partial charge in [0.05, 0.1) is 0 Å². The Balaban J connectivity index is 0. The Labute approximate surface area is 89.0 Å². The maximum atomic E-state index is 4.43. The molecule has 0 aliphatic heterocycles. The third-order valence-corrected chi connectivity index (χ3v) is 1.18. The van der Waals surface area contributed by atoms with E-state index in [1.54, 1.807) is 19.3 Å². The van der Waals surface area contributed by atoms with Crippen LogP contribution in [0.15, 0.2) is 35.0 Å². The van der Waals surface area contributed by atoms with Crippen molar-refractivity contribution >= 4 is 42.0 Å². The Kier molecular flexibility index (Phi) is 12.4. The lowest BCUT2D eigenvalue weighted by Crippen LogP contribution is -1.68. The highest BCUT2D eigenvalue weighted by atomic mass is 35.5. The standard InChI is InChI=1S/C5H5N.C2H3NS2.ClH/c1-2-4-6-5-3-1;1-2(4)3-5;/h1-5H;1H3;1H. The van der Waals surface area contributed by atoms with Crippen LogP contribution in [0.5, 0.6) is 0 Å². The Morgan fingerprint density at radius 3 is 1.75 bits per heavy atom. The van der Waals surface area contributed by atoms with Gasteiger partial charge in [0.15, 0.2) is 0 Å². The summed E-state index contributed by atoms with van der Waals surface area (Å²) in [5.41, 5.74) is 0. The number of thiocarbonyl (C=S) groups is 1. The van der Waals surface area contributed by atoms with E-state index in [1.807, 2.05) is 18.2 Å². The fraction of sp³-hybridized carbons (Fsp3) is 0.143. The maximum absolute atomic E-state index is 4.43. The molecule has 0 bridgehead atoms. The summed E-state index contributed by atoms with van der Waals surface area (Å²) in [7, 11) is 0. The molecule has 0 saturated heterocycles. The molecule has 0 aromatic carbocycles. The van der Waals surface area contributed by atoms with Gasteiger partial charge >= 0.3 is 0 Å². The first-order chi connectivity index (χ1) is 5.27. The van der Waals surface area contributed by atoms with Crippen molar-refractivity contribution in [3.8, 4) is 0 Å². The summed E-state index contributed by atoms with van der Waals surface area (Å²) in [6, 6.07) is 5.72. The van der Waals surface area contributed by atoms with Gasteiger partial charge in [0.1, 0.15) is 4.99 Å². The van der Waals surface area contributed by atoms with Crippen LogP contribution < -0.4 is 0 Å². The lowest BCUT2D eigenvalue weighted by molar-refractivity contribution is 1.33. The molecule has 12 heavy (non-hydrogen) atoms. The van der Waals surface area contributed by atoms with Gasteiger partial charge in [-0.05, 0) is 19.1 Å². The molecule has 0 spiro atoms. The Morgan fingerprint density at radius 2 is 1.67 bits per heavy atom. The van der Waals surface area contributed by atoms with E-state index in [0.717, 1.165) is 0 Å². The van der Waals surface area contributed by atoms with Gasteiger partial charge in [0.2, 0.25) is 0 Å². The SMILES string of the molecule is CC(=S)N=S.Cl.c1ccncc1. The summed E-state index contributed by atoms with van der Waals surface area (Å²) in [6.07, 6.45) is 3.50. The highest BCUT2D eigenvalue weighted by molar-refractivity contribution is 7.80. The van der Waals surface area contributed by atoms with Crippen molar-refractivity contribution in [1.82, 2.24) is 4.98 Å². The van der Waals surface area contributed by atoms with Crippen LogP contribution in [0.4, 0.5) is 0 Å².